The van der Waals surface area contributed by atoms with Crippen LogP contribution in [0.1, 0.15) is 37.8 Å². The van der Waals surface area contributed by atoms with Gasteiger partial charge in [-0.3, -0.25) is 0 Å². The van der Waals surface area contributed by atoms with Crippen molar-refractivity contribution < 1.29 is 0 Å². The number of fused-ring (bicyclic) bond motifs is 1. The van der Waals surface area contributed by atoms with Gasteiger partial charge in [0, 0.05) is 23.0 Å². The second-order valence-electron chi connectivity index (χ2n) is 5.02. The van der Waals surface area contributed by atoms with Crippen LogP contribution in [-0.4, -0.2) is 11.5 Å². The largest absolute Gasteiger partial charge is 0.361 e. The molecule has 2 rings (SSSR count). The Morgan fingerprint density at radius 2 is 2.06 bits per heavy atom. The Labute approximate surface area is 103 Å². The van der Waals surface area contributed by atoms with E-state index < -0.39 is 0 Å². The lowest BCUT2D eigenvalue weighted by molar-refractivity contribution is 0.509. The number of aryl methyl sites for hydroxylation is 1. The summed E-state index contributed by atoms with van der Waals surface area (Å²) in [6.45, 7) is 7.37. The van der Waals surface area contributed by atoms with Crippen LogP contribution in [0.25, 0.3) is 10.9 Å². The summed E-state index contributed by atoms with van der Waals surface area (Å²) < 4.78 is 0. The summed E-state index contributed by atoms with van der Waals surface area (Å²) in [5, 5.41) is 1.34. The van der Waals surface area contributed by atoms with E-state index in [0.717, 1.165) is 6.42 Å². The molecule has 2 heteroatoms. The molecule has 1 aromatic carbocycles. The van der Waals surface area contributed by atoms with Gasteiger partial charge in [-0.25, -0.2) is 0 Å². The normalized spacial score (nSPS) is 13.5. The summed E-state index contributed by atoms with van der Waals surface area (Å²) >= 11 is 0. The highest BCUT2D eigenvalue weighted by atomic mass is 14.7. The third kappa shape index (κ3) is 2.09. The third-order valence-electron chi connectivity index (χ3n) is 3.67. The highest BCUT2D eigenvalue weighted by Crippen LogP contribution is 2.31. The second kappa shape index (κ2) is 4.92. The van der Waals surface area contributed by atoms with Crippen molar-refractivity contribution in [2.45, 2.75) is 33.1 Å². The summed E-state index contributed by atoms with van der Waals surface area (Å²) in [5.74, 6) is 1.01. The molecule has 3 N–H and O–H groups in total. The molecule has 0 saturated heterocycles. The predicted octanol–water partition coefficient (Wildman–Crippen LogP) is 3.43. The molecule has 0 fully saturated rings. The number of aromatic nitrogens is 1. The van der Waals surface area contributed by atoms with Crippen molar-refractivity contribution in [1.29, 1.82) is 0 Å². The molecule has 1 aromatic heterocycles. The summed E-state index contributed by atoms with van der Waals surface area (Å²) in [6.07, 6.45) is 3.20. The lowest BCUT2D eigenvalue weighted by Crippen LogP contribution is -2.17. The minimum Gasteiger partial charge on any atom is -0.361 e. The number of para-hydroxylation sites is 1. The van der Waals surface area contributed by atoms with Crippen molar-refractivity contribution in [3.63, 3.8) is 0 Å². The summed E-state index contributed by atoms with van der Waals surface area (Å²) in [7, 11) is 0. The van der Waals surface area contributed by atoms with E-state index in [2.05, 4.69) is 50.2 Å². The van der Waals surface area contributed by atoms with E-state index in [9.17, 15) is 0 Å². The number of nitrogens with one attached hydrogen (secondary N) is 1. The summed E-state index contributed by atoms with van der Waals surface area (Å²) in [4.78, 5) is 3.42. The van der Waals surface area contributed by atoms with Gasteiger partial charge in [-0.2, -0.15) is 0 Å². The van der Waals surface area contributed by atoms with E-state index >= 15 is 0 Å². The lowest BCUT2D eigenvalue weighted by Gasteiger charge is -2.18. The van der Waals surface area contributed by atoms with E-state index in [1.165, 1.54) is 22.0 Å². The fraction of sp³-hybridized carbons (Fsp3) is 0.467. The number of aromatic amines is 1. The number of nitrogens with two attached hydrogens (primary N) is 1. The molecule has 1 heterocycles. The van der Waals surface area contributed by atoms with Crippen LogP contribution >= 0.6 is 0 Å². The van der Waals surface area contributed by atoms with E-state index in [4.69, 9.17) is 5.73 Å². The van der Waals surface area contributed by atoms with Crippen LogP contribution in [0.4, 0.5) is 0 Å². The van der Waals surface area contributed by atoms with Gasteiger partial charge in [0.1, 0.15) is 0 Å². The van der Waals surface area contributed by atoms with Crippen LogP contribution in [0.2, 0.25) is 0 Å². The molecule has 0 radical (unpaired) electrons. The first-order valence-corrected chi connectivity index (χ1v) is 6.48. The Balaban J connectivity index is 2.56. The second-order valence-corrected chi connectivity index (χ2v) is 5.02. The van der Waals surface area contributed by atoms with Crippen molar-refractivity contribution in [2.24, 2.45) is 11.7 Å². The summed E-state index contributed by atoms with van der Waals surface area (Å²) in [6, 6.07) is 6.53. The smallest absolute Gasteiger partial charge is 0.0489 e. The molecule has 0 aliphatic heterocycles. The Hall–Kier alpha value is -1.28. The van der Waals surface area contributed by atoms with Gasteiger partial charge in [0.2, 0.25) is 0 Å². The molecule has 0 aliphatic rings. The zero-order chi connectivity index (χ0) is 12.4. The molecule has 0 spiro atoms. The van der Waals surface area contributed by atoms with E-state index in [1.807, 2.05) is 0 Å². The first-order chi connectivity index (χ1) is 8.19. The Morgan fingerprint density at radius 3 is 2.65 bits per heavy atom. The number of hydrogen-bond donors (Lipinski definition) is 2. The monoisotopic (exact) mass is 230 g/mol. The van der Waals surface area contributed by atoms with Crippen LogP contribution in [0.15, 0.2) is 24.4 Å². The number of benzene rings is 1. The highest BCUT2D eigenvalue weighted by molar-refractivity contribution is 5.86. The van der Waals surface area contributed by atoms with Gasteiger partial charge in [0.25, 0.3) is 0 Å². The van der Waals surface area contributed by atoms with E-state index in [1.54, 1.807) is 0 Å². The van der Waals surface area contributed by atoms with Gasteiger partial charge in [-0.15, -0.1) is 0 Å². The minimum absolute atomic E-state index is 0.441. The number of hydrogen-bond acceptors (Lipinski definition) is 1. The molecule has 0 bridgehead atoms. The maximum Gasteiger partial charge on any atom is 0.0489 e. The maximum absolute atomic E-state index is 5.91. The fourth-order valence-electron chi connectivity index (χ4n) is 2.60. The van der Waals surface area contributed by atoms with Gasteiger partial charge in [0.05, 0.1) is 0 Å². The van der Waals surface area contributed by atoms with Crippen LogP contribution in [0.3, 0.4) is 0 Å². The average molecular weight is 230 g/mol. The SMILES string of the molecule is CCc1cccc2c(C(CN)C(C)C)c[nH]c12. The highest BCUT2D eigenvalue weighted by Gasteiger charge is 2.18. The van der Waals surface area contributed by atoms with Gasteiger partial charge < -0.3 is 10.7 Å². The van der Waals surface area contributed by atoms with Gasteiger partial charge in [-0.05, 0) is 30.0 Å². The lowest BCUT2D eigenvalue weighted by atomic mass is 9.88. The van der Waals surface area contributed by atoms with Crippen LogP contribution in [0, 0.1) is 5.92 Å². The molecule has 92 valence electrons. The molecule has 0 saturated carbocycles. The fourth-order valence-corrected chi connectivity index (χ4v) is 2.60. The first kappa shape index (κ1) is 12.2. The standard InChI is InChI=1S/C15H22N2/c1-4-11-6-5-7-12-14(9-17-15(11)12)13(8-16)10(2)3/h5-7,9-10,13,17H,4,8,16H2,1-3H3. The number of H-pyrrole nitrogens is 1. The van der Waals surface area contributed by atoms with Crippen molar-refractivity contribution in [1.82, 2.24) is 4.98 Å². The molecular formula is C15H22N2. The average Bonchev–Trinajstić information content (AvgIpc) is 2.73. The molecule has 1 atom stereocenters. The topological polar surface area (TPSA) is 41.8 Å². The summed E-state index contributed by atoms with van der Waals surface area (Å²) in [5.41, 5.74) is 9.95. The van der Waals surface area contributed by atoms with Crippen LogP contribution in [-0.2, 0) is 6.42 Å². The molecule has 0 aliphatic carbocycles. The molecule has 2 nitrogen and oxygen atoms in total. The van der Waals surface area contributed by atoms with Gasteiger partial charge in [-0.1, -0.05) is 39.0 Å². The zero-order valence-electron chi connectivity index (χ0n) is 11.0. The first-order valence-electron chi connectivity index (χ1n) is 6.48. The van der Waals surface area contributed by atoms with Crippen molar-refractivity contribution in [3.8, 4) is 0 Å². The van der Waals surface area contributed by atoms with Gasteiger partial charge >= 0.3 is 0 Å². The Bertz CT molecular complexity index is 497. The molecule has 17 heavy (non-hydrogen) atoms. The Morgan fingerprint density at radius 1 is 1.29 bits per heavy atom. The Kier molecular flexibility index (Phi) is 3.53. The van der Waals surface area contributed by atoms with E-state index in [-0.39, 0.29) is 0 Å². The van der Waals surface area contributed by atoms with Crippen molar-refractivity contribution in [2.75, 3.05) is 6.54 Å². The predicted molar refractivity (Wildman–Crippen MR) is 74.3 cm³/mol. The molecule has 2 aromatic rings. The quantitative estimate of drug-likeness (QED) is 0.830. The van der Waals surface area contributed by atoms with Crippen molar-refractivity contribution >= 4 is 10.9 Å². The van der Waals surface area contributed by atoms with E-state index in [0.29, 0.717) is 18.4 Å². The zero-order valence-corrected chi connectivity index (χ0v) is 11.0. The van der Waals surface area contributed by atoms with Gasteiger partial charge in [0.15, 0.2) is 0 Å². The third-order valence-corrected chi connectivity index (χ3v) is 3.67. The molecular weight excluding hydrogens is 208 g/mol. The molecule has 0 amide bonds. The minimum atomic E-state index is 0.441. The van der Waals surface area contributed by atoms with Crippen molar-refractivity contribution in [3.05, 3.63) is 35.5 Å². The van der Waals surface area contributed by atoms with Crippen LogP contribution < -0.4 is 5.73 Å². The van der Waals surface area contributed by atoms with Crippen LogP contribution in [0.5, 0.6) is 0 Å². The maximum atomic E-state index is 5.91. The molecule has 1 unspecified atom stereocenters. The number of rotatable bonds is 4.